The first-order chi connectivity index (χ1) is 13.3. The lowest BCUT2D eigenvalue weighted by atomic mass is 9.47. The fourth-order valence-electron chi connectivity index (χ4n) is 8.45. The number of fused-ring (bicyclic) bond motifs is 5. The Kier molecular flexibility index (Phi) is 5.62. The Morgan fingerprint density at radius 1 is 1.14 bits per heavy atom. The average Bonchev–Trinajstić information content (AvgIpc) is 2.99. The summed E-state index contributed by atoms with van der Waals surface area (Å²) in [5.41, 5.74) is 4.04. The molecule has 158 valence electrons. The standard InChI is InChI=1S/C27H44O/c1-18(2)7-6-8-19(3)23-11-12-24-22-10-9-20-17-21(28)13-15-26(20,4)25(22)14-16-27(23,24)5/h7,9,19,21-25,28H,6,8,10-17H2,1-5H3/t19-,21+,22+,23?,24+,25+,26+,27-/m1/s1. The highest BCUT2D eigenvalue weighted by atomic mass is 16.3. The zero-order chi connectivity index (χ0) is 20.1. The highest BCUT2D eigenvalue weighted by Crippen LogP contribution is 2.67. The zero-order valence-electron chi connectivity index (χ0n) is 19.1. The van der Waals surface area contributed by atoms with E-state index in [0.29, 0.717) is 10.8 Å². The SMILES string of the molecule is CC(C)=CCC[C@@H](C)C1CC[C@H]2[C@@H]3CC=C4C[C@@H](O)CC[C@]4(C)[C@H]3CC[C@]12C. The van der Waals surface area contributed by atoms with Crippen LogP contribution in [0.5, 0.6) is 0 Å². The predicted octanol–water partition coefficient (Wildman–Crippen LogP) is 7.31. The molecule has 1 nitrogen and oxygen atoms in total. The van der Waals surface area contributed by atoms with E-state index in [-0.39, 0.29) is 6.10 Å². The molecule has 3 fully saturated rings. The van der Waals surface area contributed by atoms with E-state index in [4.69, 9.17) is 0 Å². The van der Waals surface area contributed by atoms with Crippen LogP contribution >= 0.6 is 0 Å². The summed E-state index contributed by atoms with van der Waals surface area (Å²) in [5.74, 6) is 4.49. The van der Waals surface area contributed by atoms with Crippen LogP contribution in [0.1, 0.15) is 98.8 Å². The Bertz CT molecular complexity index is 641. The molecule has 0 bridgehead atoms. The predicted molar refractivity (Wildman–Crippen MR) is 119 cm³/mol. The van der Waals surface area contributed by atoms with Crippen LogP contribution in [0.3, 0.4) is 0 Å². The van der Waals surface area contributed by atoms with Gasteiger partial charge < -0.3 is 5.11 Å². The maximum absolute atomic E-state index is 10.2. The molecule has 4 aliphatic rings. The quantitative estimate of drug-likeness (QED) is 0.504. The number of allylic oxidation sites excluding steroid dienone is 3. The van der Waals surface area contributed by atoms with Gasteiger partial charge in [0.15, 0.2) is 0 Å². The van der Waals surface area contributed by atoms with Gasteiger partial charge in [0.05, 0.1) is 6.10 Å². The molecule has 0 aromatic rings. The van der Waals surface area contributed by atoms with E-state index in [1.54, 1.807) is 5.57 Å². The van der Waals surface area contributed by atoms with E-state index in [0.717, 1.165) is 42.4 Å². The summed E-state index contributed by atoms with van der Waals surface area (Å²) in [7, 11) is 0. The molecule has 1 N–H and O–H groups in total. The van der Waals surface area contributed by atoms with Crippen molar-refractivity contribution in [3.63, 3.8) is 0 Å². The number of hydrogen-bond acceptors (Lipinski definition) is 1. The molecule has 0 spiro atoms. The van der Waals surface area contributed by atoms with Gasteiger partial charge in [-0.25, -0.2) is 0 Å². The van der Waals surface area contributed by atoms with Crippen molar-refractivity contribution in [2.24, 2.45) is 40.4 Å². The number of aliphatic hydroxyl groups excluding tert-OH is 1. The fourth-order valence-corrected chi connectivity index (χ4v) is 8.45. The van der Waals surface area contributed by atoms with E-state index in [9.17, 15) is 5.11 Å². The minimum absolute atomic E-state index is 0.0813. The molecule has 0 amide bonds. The molecule has 4 aliphatic carbocycles. The molecule has 3 saturated carbocycles. The van der Waals surface area contributed by atoms with Crippen molar-refractivity contribution < 1.29 is 5.11 Å². The van der Waals surface area contributed by atoms with Gasteiger partial charge in [-0.05, 0) is 118 Å². The molecule has 28 heavy (non-hydrogen) atoms. The van der Waals surface area contributed by atoms with Crippen molar-refractivity contribution in [2.75, 3.05) is 0 Å². The fraction of sp³-hybridized carbons (Fsp3) is 0.852. The first kappa shape index (κ1) is 20.7. The van der Waals surface area contributed by atoms with Crippen LogP contribution in [0.25, 0.3) is 0 Å². The molecule has 8 atom stereocenters. The van der Waals surface area contributed by atoms with Crippen molar-refractivity contribution >= 4 is 0 Å². The summed E-state index contributed by atoms with van der Waals surface area (Å²) in [5, 5.41) is 10.2. The summed E-state index contributed by atoms with van der Waals surface area (Å²) >= 11 is 0. The Balaban J connectivity index is 1.51. The second kappa shape index (κ2) is 7.60. The van der Waals surface area contributed by atoms with E-state index in [2.05, 4.69) is 46.8 Å². The molecule has 0 aromatic carbocycles. The molecule has 1 heteroatoms. The van der Waals surface area contributed by atoms with Crippen LogP contribution in [-0.4, -0.2) is 11.2 Å². The lowest BCUT2D eigenvalue weighted by Crippen LogP contribution is -2.50. The van der Waals surface area contributed by atoms with Crippen LogP contribution < -0.4 is 0 Å². The van der Waals surface area contributed by atoms with Gasteiger partial charge in [-0.3, -0.25) is 0 Å². The molecule has 1 unspecified atom stereocenters. The third-order valence-corrected chi connectivity index (χ3v) is 10.0. The minimum Gasteiger partial charge on any atom is -0.393 e. The van der Waals surface area contributed by atoms with Gasteiger partial charge in [0.2, 0.25) is 0 Å². The minimum atomic E-state index is -0.0813. The lowest BCUT2D eigenvalue weighted by molar-refractivity contribution is -0.0571. The molecule has 0 aromatic heterocycles. The Morgan fingerprint density at radius 2 is 1.93 bits per heavy atom. The maximum atomic E-state index is 10.2. The van der Waals surface area contributed by atoms with E-state index in [1.807, 2.05) is 0 Å². The second-order valence-corrected chi connectivity index (χ2v) is 11.7. The largest absolute Gasteiger partial charge is 0.393 e. The Hall–Kier alpha value is -0.560. The van der Waals surface area contributed by atoms with E-state index in [1.165, 1.54) is 56.9 Å². The van der Waals surface area contributed by atoms with Crippen LogP contribution in [0.4, 0.5) is 0 Å². The van der Waals surface area contributed by atoms with Gasteiger partial charge in [-0.1, -0.05) is 44.1 Å². The Morgan fingerprint density at radius 3 is 2.68 bits per heavy atom. The first-order valence-electron chi connectivity index (χ1n) is 12.3. The summed E-state index contributed by atoms with van der Waals surface area (Å²) in [6, 6.07) is 0. The highest BCUT2D eigenvalue weighted by molar-refractivity contribution is 5.25. The summed E-state index contributed by atoms with van der Waals surface area (Å²) in [4.78, 5) is 0. The molecule has 0 saturated heterocycles. The average molecular weight is 385 g/mol. The van der Waals surface area contributed by atoms with Crippen LogP contribution in [0, 0.1) is 40.4 Å². The van der Waals surface area contributed by atoms with Gasteiger partial charge in [0.25, 0.3) is 0 Å². The molecule has 0 aliphatic heterocycles. The summed E-state index contributed by atoms with van der Waals surface area (Å²) in [6.07, 6.45) is 17.9. The van der Waals surface area contributed by atoms with Gasteiger partial charge in [0, 0.05) is 0 Å². The zero-order valence-corrected chi connectivity index (χ0v) is 19.1. The van der Waals surface area contributed by atoms with E-state index >= 15 is 0 Å². The van der Waals surface area contributed by atoms with Crippen LogP contribution in [0.15, 0.2) is 23.3 Å². The smallest absolute Gasteiger partial charge is 0.0577 e. The summed E-state index contributed by atoms with van der Waals surface area (Å²) < 4.78 is 0. The topological polar surface area (TPSA) is 20.2 Å². The highest BCUT2D eigenvalue weighted by Gasteiger charge is 2.58. The van der Waals surface area contributed by atoms with Crippen molar-refractivity contribution in [1.29, 1.82) is 0 Å². The van der Waals surface area contributed by atoms with Crippen molar-refractivity contribution in [1.82, 2.24) is 0 Å². The molecule has 0 radical (unpaired) electrons. The lowest BCUT2D eigenvalue weighted by Gasteiger charge is -2.58. The third-order valence-electron chi connectivity index (χ3n) is 10.0. The van der Waals surface area contributed by atoms with Crippen molar-refractivity contribution in [3.05, 3.63) is 23.3 Å². The molecule has 4 rings (SSSR count). The number of hydrogen-bond donors (Lipinski definition) is 1. The number of rotatable bonds is 4. The van der Waals surface area contributed by atoms with Gasteiger partial charge >= 0.3 is 0 Å². The monoisotopic (exact) mass is 384 g/mol. The number of aliphatic hydroxyl groups is 1. The summed E-state index contributed by atoms with van der Waals surface area (Å²) in [6.45, 7) is 12.2. The van der Waals surface area contributed by atoms with Gasteiger partial charge in [0.1, 0.15) is 0 Å². The van der Waals surface area contributed by atoms with Crippen LogP contribution in [0.2, 0.25) is 0 Å². The van der Waals surface area contributed by atoms with Crippen molar-refractivity contribution in [3.8, 4) is 0 Å². The van der Waals surface area contributed by atoms with Crippen molar-refractivity contribution in [2.45, 2.75) is 105 Å². The van der Waals surface area contributed by atoms with Crippen LogP contribution in [-0.2, 0) is 0 Å². The van der Waals surface area contributed by atoms with Gasteiger partial charge in [-0.2, -0.15) is 0 Å². The van der Waals surface area contributed by atoms with Gasteiger partial charge in [-0.15, -0.1) is 0 Å². The third kappa shape index (κ3) is 3.34. The second-order valence-electron chi connectivity index (χ2n) is 11.7. The normalized spacial score (nSPS) is 46.1. The van der Waals surface area contributed by atoms with E-state index < -0.39 is 0 Å². The molecular weight excluding hydrogens is 340 g/mol. The first-order valence-corrected chi connectivity index (χ1v) is 12.3. The maximum Gasteiger partial charge on any atom is 0.0577 e. The molecular formula is C27H44O. The molecule has 0 heterocycles. The Labute approximate surface area is 174 Å².